The van der Waals surface area contributed by atoms with Crippen molar-refractivity contribution in [2.45, 2.75) is 13.8 Å². The fourth-order valence-electron chi connectivity index (χ4n) is 1.13. The van der Waals surface area contributed by atoms with E-state index in [1.165, 1.54) is 7.11 Å². The highest BCUT2D eigenvalue weighted by Crippen LogP contribution is 2.09. The van der Waals surface area contributed by atoms with Crippen molar-refractivity contribution in [1.82, 2.24) is 20.3 Å². The van der Waals surface area contributed by atoms with Crippen molar-refractivity contribution in [3.05, 3.63) is 0 Å². The number of methoxy groups -OCH3 is 1. The summed E-state index contributed by atoms with van der Waals surface area (Å²) >= 11 is 0. The second-order valence-corrected chi connectivity index (χ2v) is 4.17. The number of nitrogens with zero attached hydrogens (tertiary/aromatic N) is 3. The topological polar surface area (TPSA) is 127 Å². The van der Waals surface area contributed by atoms with Crippen LogP contribution in [0.5, 0.6) is 6.01 Å². The normalized spacial score (nSPS) is 10.2. The molecule has 0 spiro atoms. The molecule has 0 bridgehead atoms. The van der Waals surface area contributed by atoms with Gasteiger partial charge in [-0.2, -0.15) is 15.0 Å². The molecule has 0 aliphatic rings. The number of hydrogen-bond acceptors (Lipinski definition) is 8. The van der Waals surface area contributed by atoms with E-state index in [9.17, 15) is 4.79 Å². The molecule has 0 aliphatic carbocycles. The lowest BCUT2D eigenvalue weighted by Crippen LogP contribution is -2.32. The number of nitrogen functional groups attached to an aromatic ring is 1. The maximum absolute atomic E-state index is 11.5. The Morgan fingerprint density at radius 2 is 2.00 bits per heavy atom. The zero-order chi connectivity index (χ0) is 14.3. The van der Waals surface area contributed by atoms with Crippen LogP contribution >= 0.6 is 0 Å². The Morgan fingerprint density at radius 3 is 2.58 bits per heavy atom. The van der Waals surface area contributed by atoms with Crippen LogP contribution in [0.3, 0.4) is 0 Å². The van der Waals surface area contributed by atoms with E-state index < -0.39 is 0 Å². The Labute approximate surface area is 111 Å². The van der Waals surface area contributed by atoms with Gasteiger partial charge in [0.2, 0.25) is 17.8 Å². The number of nitrogens with one attached hydrogen (secondary N) is 3. The third kappa shape index (κ3) is 5.34. The molecule has 9 nitrogen and oxygen atoms in total. The van der Waals surface area contributed by atoms with Gasteiger partial charge >= 0.3 is 6.01 Å². The van der Waals surface area contributed by atoms with E-state index in [0.717, 1.165) is 0 Å². The first-order valence-electron chi connectivity index (χ1n) is 5.82. The maximum Gasteiger partial charge on any atom is 0.322 e. The molecule has 0 radical (unpaired) electrons. The number of aromatic nitrogens is 3. The lowest BCUT2D eigenvalue weighted by Gasteiger charge is -2.09. The van der Waals surface area contributed by atoms with Crippen LogP contribution < -0.4 is 26.6 Å². The van der Waals surface area contributed by atoms with Gasteiger partial charge in [-0.25, -0.2) is 5.84 Å². The predicted molar refractivity (Wildman–Crippen MR) is 70.5 cm³/mol. The molecule has 0 saturated carbocycles. The Balaban J connectivity index is 2.54. The summed E-state index contributed by atoms with van der Waals surface area (Å²) in [5.74, 6) is 5.83. The van der Waals surface area contributed by atoms with Gasteiger partial charge in [-0.1, -0.05) is 13.8 Å². The Hall–Kier alpha value is -2.16. The zero-order valence-corrected chi connectivity index (χ0v) is 11.2. The molecule has 1 heterocycles. The summed E-state index contributed by atoms with van der Waals surface area (Å²) in [5, 5.41) is 5.53. The lowest BCUT2D eigenvalue weighted by atomic mass is 10.2. The highest BCUT2D eigenvalue weighted by atomic mass is 16.5. The molecule has 0 unspecified atom stereocenters. The SMILES string of the molecule is COc1nc(NN)nc(NCC(=O)NCC(C)C)n1. The maximum atomic E-state index is 11.5. The van der Waals surface area contributed by atoms with Crippen molar-refractivity contribution in [3.63, 3.8) is 0 Å². The van der Waals surface area contributed by atoms with Crippen molar-refractivity contribution in [2.24, 2.45) is 11.8 Å². The number of carbonyl (C=O) groups excluding carboxylic acids is 1. The highest BCUT2D eigenvalue weighted by molar-refractivity contribution is 5.80. The van der Waals surface area contributed by atoms with E-state index in [4.69, 9.17) is 10.6 Å². The molecule has 1 aromatic rings. The molecule has 0 aliphatic heterocycles. The van der Waals surface area contributed by atoms with Crippen molar-refractivity contribution >= 4 is 17.8 Å². The largest absolute Gasteiger partial charge is 0.467 e. The first-order chi connectivity index (χ1) is 9.05. The second-order valence-electron chi connectivity index (χ2n) is 4.17. The van der Waals surface area contributed by atoms with Gasteiger partial charge in [0.15, 0.2) is 0 Å². The number of nitrogens with two attached hydrogens (primary N) is 1. The van der Waals surface area contributed by atoms with Gasteiger partial charge in [0, 0.05) is 6.54 Å². The minimum absolute atomic E-state index is 0.0594. The van der Waals surface area contributed by atoms with Crippen LogP contribution in [-0.4, -0.2) is 41.1 Å². The number of ether oxygens (including phenoxy) is 1. The van der Waals surface area contributed by atoms with Crippen LogP contribution in [0.4, 0.5) is 11.9 Å². The summed E-state index contributed by atoms with van der Waals surface area (Å²) in [6, 6.07) is 0.105. The van der Waals surface area contributed by atoms with E-state index in [1.807, 2.05) is 13.8 Å². The van der Waals surface area contributed by atoms with E-state index in [0.29, 0.717) is 12.5 Å². The van der Waals surface area contributed by atoms with Crippen molar-refractivity contribution < 1.29 is 9.53 Å². The number of rotatable bonds is 7. The van der Waals surface area contributed by atoms with Crippen LogP contribution in [0.15, 0.2) is 0 Å². The van der Waals surface area contributed by atoms with Crippen LogP contribution in [0.2, 0.25) is 0 Å². The quantitative estimate of drug-likeness (QED) is 0.380. The third-order valence-corrected chi connectivity index (χ3v) is 2.04. The molecule has 5 N–H and O–H groups in total. The standard InChI is InChI=1S/C10H19N7O2/c1-6(2)4-12-7(18)5-13-8-14-9(17-11)16-10(15-8)19-3/h6H,4-5,11H2,1-3H3,(H,12,18)(H2,13,14,15,16,17). The molecule has 1 rings (SSSR count). The minimum Gasteiger partial charge on any atom is -0.467 e. The van der Waals surface area contributed by atoms with Crippen molar-refractivity contribution in [3.8, 4) is 6.01 Å². The molecule has 19 heavy (non-hydrogen) atoms. The van der Waals surface area contributed by atoms with Gasteiger partial charge in [0.05, 0.1) is 13.7 Å². The predicted octanol–water partition coefficient (Wildman–Crippen LogP) is -0.650. The number of amides is 1. The van der Waals surface area contributed by atoms with Crippen LogP contribution in [0.25, 0.3) is 0 Å². The first kappa shape index (κ1) is 14.9. The molecule has 1 aromatic heterocycles. The Morgan fingerprint density at radius 1 is 1.32 bits per heavy atom. The van der Waals surface area contributed by atoms with E-state index in [-0.39, 0.29) is 30.4 Å². The van der Waals surface area contributed by atoms with Gasteiger partial charge < -0.3 is 15.4 Å². The van der Waals surface area contributed by atoms with Crippen molar-refractivity contribution in [2.75, 3.05) is 30.9 Å². The van der Waals surface area contributed by atoms with E-state index >= 15 is 0 Å². The van der Waals surface area contributed by atoms with Gasteiger partial charge in [0.1, 0.15) is 0 Å². The summed E-state index contributed by atoms with van der Waals surface area (Å²) in [5.41, 5.74) is 2.29. The van der Waals surface area contributed by atoms with Gasteiger partial charge in [-0.3, -0.25) is 10.2 Å². The van der Waals surface area contributed by atoms with Crippen LogP contribution in [0.1, 0.15) is 13.8 Å². The summed E-state index contributed by atoms with van der Waals surface area (Å²) in [6.45, 7) is 4.72. The monoisotopic (exact) mass is 269 g/mol. The van der Waals surface area contributed by atoms with E-state index in [2.05, 4.69) is 31.0 Å². The molecule has 9 heteroatoms. The smallest absolute Gasteiger partial charge is 0.322 e. The number of hydrazine groups is 1. The molecule has 0 aromatic carbocycles. The average molecular weight is 269 g/mol. The van der Waals surface area contributed by atoms with E-state index in [1.54, 1.807) is 0 Å². The van der Waals surface area contributed by atoms with Gasteiger partial charge in [-0.05, 0) is 5.92 Å². The molecule has 106 valence electrons. The van der Waals surface area contributed by atoms with Gasteiger partial charge in [-0.15, -0.1) is 0 Å². The number of hydrogen-bond donors (Lipinski definition) is 4. The fraction of sp³-hybridized carbons (Fsp3) is 0.600. The molecule has 0 saturated heterocycles. The summed E-state index contributed by atoms with van der Waals surface area (Å²) < 4.78 is 4.88. The summed E-state index contributed by atoms with van der Waals surface area (Å²) in [4.78, 5) is 23.2. The molecule has 0 atom stereocenters. The summed E-state index contributed by atoms with van der Waals surface area (Å²) in [7, 11) is 1.43. The fourth-order valence-corrected chi connectivity index (χ4v) is 1.13. The van der Waals surface area contributed by atoms with Crippen molar-refractivity contribution in [1.29, 1.82) is 0 Å². The van der Waals surface area contributed by atoms with Crippen LogP contribution in [-0.2, 0) is 4.79 Å². The number of carbonyl (C=O) groups is 1. The number of anilines is 2. The summed E-state index contributed by atoms with van der Waals surface area (Å²) in [6.07, 6.45) is 0. The highest BCUT2D eigenvalue weighted by Gasteiger charge is 2.07. The Bertz CT molecular complexity index is 402. The second kappa shape index (κ2) is 7.31. The Kier molecular flexibility index (Phi) is 5.73. The lowest BCUT2D eigenvalue weighted by molar-refractivity contribution is -0.119. The molecular weight excluding hydrogens is 250 g/mol. The molecule has 1 amide bonds. The van der Waals surface area contributed by atoms with Gasteiger partial charge in [0.25, 0.3) is 0 Å². The minimum atomic E-state index is -0.143. The molecular formula is C10H19N7O2. The molecule has 0 fully saturated rings. The first-order valence-corrected chi connectivity index (χ1v) is 5.82. The average Bonchev–Trinajstić information content (AvgIpc) is 2.42. The third-order valence-electron chi connectivity index (χ3n) is 2.04. The zero-order valence-electron chi connectivity index (χ0n) is 11.2. The van der Waals surface area contributed by atoms with Crippen LogP contribution in [0, 0.1) is 5.92 Å².